The number of hydrogen-bond acceptors (Lipinski definition) is 0. The van der Waals surface area contributed by atoms with Crippen molar-refractivity contribution in [1.29, 1.82) is 0 Å². The molecule has 1 heteroatoms. The summed E-state index contributed by atoms with van der Waals surface area (Å²) in [6.07, 6.45) is 3.92. The SMILES string of the molecule is C[N-][C@H]1CCC[C@@H]1c1ccccc1. The highest BCUT2D eigenvalue weighted by atomic mass is 14.9. The normalized spacial score (nSPS) is 27.8. The van der Waals surface area contributed by atoms with Crippen molar-refractivity contribution in [2.75, 3.05) is 7.05 Å². The maximum Gasteiger partial charge on any atom is -0.0322 e. The van der Waals surface area contributed by atoms with Gasteiger partial charge in [-0.2, -0.15) is 7.05 Å². The van der Waals surface area contributed by atoms with E-state index in [1.54, 1.807) is 0 Å². The van der Waals surface area contributed by atoms with Crippen molar-refractivity contribution in [3.63, 3.8) is 0 Å². The Morgan fingerprint density at radius 3 is 2.62 bits per heavy atom. The van der Waals surface area contributed by atoms with E-state index in [4.69, 9.17) is 0 Å². The van der Waals surface area contributed by atoms with Gasteiger partial charge < -0.3 is 5.32 Å². The van der Waals surface area contributed by atoms with E-state index >= 15 is 0 Å². The molecule has 1 fully saturated rings. The predicted octanol–water partition coefficient (Wildman–Crippen LogP) is 3.33. The third-order valence-corrected chi connectivity index (χ3v) is 3.04. The smallest absolute Gasteiger partial charge is 0.0322 e. The summed E-state index contributed by atoms with van der Waals surface area (Å²) in [5, 5.41) is 4.45. The molecule has 2 atom stereocenters. The second-order valence-electron chi connectivity index (χ2n) is 3.77. The standard InChI is InChI=1S/C12H16N/c1-13-12-9-5-8-11(12)10-6-3-2-4-7-10/h2-4,6-7,11-12H,5,8-9H2,1H3/q-1/t11-,12+/m1/s1. The van der Waals surface area contributed by atoms with Crippen LogP contribution in [0.1, 0.15) is 30.7 Å². The van der Waals surface area contributed by atoms with Crippen molar-refractivity contribution < 1.29 is 0 Å². The molecule has 0 N–H and O–H groups in total. The first-order chi connectivity index (χ1) is 6.42. The maximum atomic E-state index is 4.45. The van der Waals surface area contributed by atoms with Gasteiger partial charge in [0, 0.05) is 0 Å². The fraction of sp³-hybridized carbons (Fsp3) is 0.500. The fourth-order valence-electron chi connectivity index (χ4n) is 2.34. The summed E-state index contributed by atoms with van der Waals surface area (Å²) in [5.74, 6) is 0.686. The molecule has 1 nitrogen and oxygen atoms in total. The number of benzene rings is 1. The molecule has 0 unspecified atom stereocenters. The predicted molar refractivity (Wildman–Crippen MR) is 56.1 cm³/mol. The zero-order chi connectivity index (χ0) is 9.10. The van der Waals surface area contributed by atoms with E-state index in [1.807, 2.05) is 7.05 Å². The average molecular weight is 174 g/mol. The van der Waals surface area contributed by atoms with Gasteiger partial charge in [0.25, 0.3) is 0 Å². The molecule has 2 rings (SSSR count). The van der Waals surface area contributed by atoms with Crippen LogP contribution in [0.5, 0.6) is 0 Å². The molecule has 1 aliphatic rings. The summed E-state index contributed by atoms with van der Waals surface area (Å²) in [6, 6.07) is 11.4. The van der Waals surface area contributed by atoms with E-state index in [9.17, 15) is 0 Å². The van der Waals surface area contributed by atoms with E-state index in [-0.39, 0.29) is 0 Å². The van der Waals surface area contributed by atoms with Crippen molar-refractivity contribution in [3.8, 4) is 0 Å². The zero-order valence-electron chi connectivity index (χ0n) is 8.11. The van der Waals surface area contributed by atoms with Gasteiger partial charge >= 0.3 is 0 Å². The lowest BCUT2D eigenvalue weighted by molar-refractivity contribution is 0.665. The quantitative estimate of drug-likeness (QED) is 0.653. The van der Waals surface area contributed by atoms with Crippen LogP contribution in [0.15, 0.2) is 30.3 Å². The lowest BCUT2D eigenvalue weighted by Crippen LogP contribution is -2.09. The molecule has 1 saturated carbocycles. The molecule has 0 saturated heterocycles. The van der Waals surface area contributed by atoms with E-state index in [1.165, 1.54) is 24.8 Å². The first kappa shape index (κ1) is 8.76. The Kier molecular flexibility index (Phi) is 2.65. The fourth-order valence-corrected chi connectivity index (χ4v) is 2.34. The molecule has 0 spiro atoms. The third kappa shape index (κ3) is 1.75. The van der Waals surface area contributed by atoms with Gasteiger partial charge in [-0.15, -0.1) is 6.04 Å². The van der Waals surface area contributed by atoms with Crippen molar-refractivity contribution in [1.82, 2.24) is 0 Å². The van der Waals surface area contributed by atoms with E-state index in [0.29, 0.717) is 12.0 Å². The van der Waals surface area contributed by atoms with Gasteiger partial charge in [-0.1, -0.05) is 43.2 Å². The van der Waals surface area contributed by atoms with Crippen LogP contribution in [-0.2, 0) is 0 Å². The molecule has 0 amide bonds. The number of nitrogens with zero attached hydrogens (tertiary/aromatic N) is 1. The van der Waals surface area contributed by atoms with Gasteiger partial charge in [0.2, 0.25) is 0 Å². The van der Waals surface area contributed by atoms with Gasteiger partial charge in [-0.25, -0.2) is 0 Å². The van der Waals surface area contributed by atoms with Gasteiger partial charge in [-0.05, 0) is 17.9 Å². The molecule has 70 valence electrons. The maximum absolute atomic E-state index is 4.45. The van der Waals surface area contributed by atoms with E-state index in [2.05, 4.69) is 35.6 Å². The Hall–Kier alpha value is -0.820. The highest BCUT2D eigenvalue weighted by Crippen LogP contribution is 2.37. The first-order valence-electron chi connectivity index (χ1n) is 5.05. The largest absolute Gasteiger partial charge is 0.662 e. The van der Waals surface area contributed by atoms with Gasteiger partial charge in [0.1, 0.15) is 0 Å². The Labute approximate surface area is 80.2 Å². The summed E-state index contributed by atoms with van der Waals surface area (Å²) < 4.78 is 0. The van der Waals surface area contributed by atoms with Crippen molar-refractivity contribution in [2.24, 2.45) is 0 Å². The molecular weight excluding hydrogens is 158 g/mol. The summed E-state index contributed by atoms with van der Waals surface area (Å²) >= 11 is 0. The van der Waals surface area contributed by atoms with Crippen LogP contribution in [0, 0.1) is 0 Å². The number of likely N-dealkylation sites (N-methyl/N-ethyl adjacent to an activating group) is 1. The second-order valence-corrected chi connectivity index (χ2v) is 3.77. The molecule has 0 bridgehead atoms. The Balaban J connectivity index is 2.16. The Morgan fingerprint density at radius 2 is 1.92 bits per heavy atom. The number of rotatable bonds is 2. The van der Waals surface area contributed by atoms with Crippen LogP contribution < -0.4 is 0 Å². The molecule has 1 aromatic carbocycles. The van der Waals surface area contributed by atoms with E-state index in [0.717, 1.165) is 0 Å². The lowest BCUT2D eigenvalue weighted by atomic mass is 9.94. The summed E-state index contributed by atoms with van der Waals surface area (Å²) in [6.45, 7) is 0. The molecule has 0 aromatic heterocycles. The van der Waals surface area contributed by atoms with Gasteiger partial charge in [-0.3, -0.25) is 0 Å². The minimum atomic E-state index is 0.572. The van der Waals surface area contributed by atoms with Gasteiger partial charge in [0.15, 0.2) is 0 Å². The molecule has 1 aliphatic carbocycles. The minimum absolute atomic E-state index is 0.572. The topological polar surface area (TPSA) is 14.1 Å². The third-order valence-electron chi connectivity index (χ3n) is 3.04. The van der Waals surface area contributed by atoms with Crippen molar-refractivity contribution >= 4 is 0 Å². The zero-order valence-corrected chi connectivity index (χ0v) is 8.11. The molecule has 1 aromatic rings. The van der Waals surface area contributed by atoms with Crippen LogP contribution in [0.3, 0.4) is 0 Å². The minimum Gasteiger partial charge on any atom is -0.662 e. The highest BCUT2D eigenvalue weighted by molar-refractivity contribution is 5.24. The summed E-state index contributed by atoms with van der Waals surface area (Å²) in [4.78, 5) is 0. The lowest BCUT2D eigenvalue weighted by Gasteiger charge is -2.30. The van der Waals surface area contributed by atoms with Gasteiger partial charge in [0.05, 0.1) is 0 Å². The first-order valence-corrected chi connectivity index (χ1v) is 5.05. The molecule has 0 heterocycles. The highest BCUT2D eigenvalue weighted by Gasteiger charge is 2.20. The summed E-state index contributed by atoms with van der Waals surface area (Å²) in [5.41, 5.74) is 1.47. The summed E-state index contributed by atoms with van der Waals surface area (Å²) in [7, 11) is 1.95. The van der Waals surface area contributed by atoms with Crippen LogP contribution in [0.25, 0.3) is 5.32 Å². The Bertz CT molecular complexity index is 255. The monoisotopic (exact) mass is 174 g/mol. The van der Waals surface area contributed by atoms with E-state index < -0.39 is 0 Å². The van der Waals surface area contributed by atoms with Crippen LogP contribution in [-0.4, -0.2) is 13.1 Å². The Morgan fingerprint density at radius 1 is 1.15 bits per heavy atom. The molecule has 0 aliphatic heterocycles. The molecule has 13 heavy (non-hydrogen) atoms. The van der Waals surface area contributed by atoms with Crippen molar-refractivity contribution in [2.45, 2.75) is 31.2 Å². The average Bonchev–Trinajstić information content (AvgIpc) is 2.67. The van der Waals surface area contributed by atoms with Crippen LogP contribution in [0.2, 0.25) is 0 Å². The molecular formula is C12H16N-. The van der Waals surface area contributed by atoms with Crippen molar-refractivity contribution in [3.05, 3.63) is 41.2 Å². The second kappa shape index (κ2) is 3.93. The number of hydrogen-bond donors (Lipinski definition) is 0. The van der Waals surface area contributed by atoms with Crippen LogP contribution >= 0.6 is 0 Å². The van der Waals surface area contributed by atoms with Crippen LogP contribution in [0.4, 0.5) is 0 Å². The molecule has 0 radical (unpaired) electrons.